The summed E-state index contributed by atoms with van der Waals surface area (Å²) in [6, 6.07) is 34.4. The van der Waals surface area contributed by atoms with Crippen LogP contribution in [0, 0.1) is 0 Å². The van der Waals surface area contributed by atoms with Gasteiger partial charge in [-0.25, -0.2) is 0 Å². The van der Waals surface area contributed by atoms with Crippen LogP contribution in [0.25, 0.3) is 0 Å². The molecule has 0 unspecified atom stereocenters. The number of hydrogen-bond acceptors (Lipinski definition) is 6. The molecule has 0 saturated carbocycles. The molecule has 7 heterocycles. The molecule has 0 spiro atoms. The Morgan fingerprint density at radius 3 is 0.773 bits per heavy atom. The Morgan fingerprint density at radius 2 is 0.576 bits per heavy atom. The maximum absolute atomic E-state index is 13.7. The molecular formula is C48H36F6N6O6. The van der Waals surface area contributed by atoms with Crippen LogP contribution >= 0.6 is 0 Å². The third-order valence-electron chi connectivity index (χ3n) is 10.2. The number of benzene rings is 6. The van der Waals surface area contributed by atoms with Crippen LogP contribution < -0.4 is 21.3 Å². The molecule has 0 atom stereocenters. The molecular weight excluding hydrogens is 871 g/mol. The van der Waals surface area contributed by atoms with Crippen molar-refractivity contribution < 1.29 is 55.1 Å². The molecule has 6 aromatic rings. The van der Waals surface area contributed by atoms with Gasteiger partial charge in [0, 0.05) is 71.2 Å². The molecule has 12 bridgehead atoms. The summed E-state index contributed by atoms with van der Waals surface area (Å²) in [5, 5.41) is 10.6. The molecule has 7 aliphatic rings. The number of hydrogen-bond donors (Lipinski definition) is 4. The zero-order chi connectivity index (χ0) is 47.2. The summed E-state index contributed by atoms with van der Waals surface area (Å²) >= 11 is 0. The molecule has 12 nitrogen and oxygen atoms in total. The quantitative estimate of drug-likeness (QED) is 0.111. The molecule has 4 N–H and O–H groups in total. The lowest BCUT2D eigenvalue weighted by atomic mass is 10.1. The lowest BCUT2D eigenvalue weighted by Crippen LogP contribution is -2.40. The van der Waals surface area contributed by atoms with Gasteiger partial charge in [0.1, 0.15) is 0 Å². The first-order valence-electron chi connectivity index (χ1n) is 19.9. The topological polar surface area (TPSA) is 157 Å². The van der Waals surface area contributed by atoms with E-state index in [9.17, 15) is 55.1 Å². The van der Waals surface area contributed by atoms with Crippen molar-refractivity contribution in [3.05, 3.63) is 190 Å². The third kappa shape index (κ3) is 11.6. The Balaban J connectivity index is 1.16. The predicted molar refractivity (Wildman–Crippen MR) is 231 cm³/mol. The second-order valence-corrected chi connectivity index (χ2v) is 15.1. The van der Waals surface area contributed by atoms with Crippen LogP contribution in [0.3, 0.4) is 0 Å². The van der Waals surface area contributed by atoms with Gasteiger partial charge in [0.2, 0.25) is 0 Å². The summed E-state index contributed by atoms with van der Waals surface area (Å²) in [5.74, 6) is -6.63. The minimum Gasteiger partial charge on any atom is -0.326 e. The highest BCUT2D eigenvalue weighted by Gasteiger charge is 2.43. The maximum Gasteiger partial charge on any atom is 0.471 e. The Labute approximate surface area is 372 Å². The summed E-state index contributed by atoms with van der Waals surface area (Å²) in [6.07, 6.45) is -10.4. The van der Waals surface area contributed by atoms with Gasteiger partial charge in [-0.3, -0.25) is 28.8 Å². The van der Waals surface area contributed by atoms with Crippen LogP contribution in [0.2, 0.25) is 0 Å². The molecule has 0 aromatic heterocycles. The van der Waals surface area contributed by atoms with Gasteiger partial charge in [-0.2, -0.15) is 26.3 Å². The molecule has 0 radical (unpaired) electrons. The fourth-order valence-corrected chi connectivity index (χ4v) is 6.83. The summed E-state index contributed by atoms with van der Waals surface area (Å²) in [4.78, 5) is 79.2. The largest absolute Gasteiger partial charge is 0.471 e. The first-order valence-corrected chi connectivity index (χ1v) is 19.9. The number of rotatable bonds is 0. The van der Waals surface area contributed by atoms with Crippen LogP contribution in [0.4, 0.5) is 49.1 Å². The summed E-state index contributed by atoms with van der Waals surface area (Å²) in [6.45, 7) is -1.79. The number of anilines is 4. The van der Waals surface area contributed by atoms with E-state index in [2.05, 4.69) is 21.3 Å². The molecule has 18 heteroatoms. The van der Waals surface area contributed by atoms with Crippen LogP contribution in [0.1, 0.15) is 63.7 Å². The van der Waals surface area contributed by atoms with Gasteiger partial charge in [0.05, 0.1) is 0 Å². The standard InChI is InChI=1S/C48H36F6N6O6/c49-47(50,51)45(65)59-25-29-7-15-37(16-8-29)55-41(61)33-3-1-4-34(23-33)42(62)56-38-17-9-30(10-18-38)26-60(46(66)48(52,53)54)28-32-13-21-40(22-14-32)58-44(64)36-6-2-5-35(24-36)43(63)57-39-19-11-31(27-59)12-20-39/h1-24H,25-28H2,(H,55,61)(H,56,62)(H,57,63)(H,58,64). The number of amides is 6. The Kier molecular flexibility index (Phi) is 13.3. The van der Waals surface area contributed by atoms with Crippen molar-refractivity contribution in [2.24, 2.45) is 0 Å². The molecule has 0 saturated heterocycles. The van der Waals surface area contributed by atoms with Gasteiger partial charge < -0.3 is 31.1 Å². The molecule has 13 rings (SSSR count). The van der Waals surface area contributed by atoms with E-state index in [1.807, 2.05) is 0 Å². The third-order valence-corrected chi connectivity index (χ3v) is 10.2. The first kappa shape index (κ1) is 45.7. The Bertz CT molecular complexity index is 2450. The van der Waals surface area contributed by atoms with Crippen molar-refractivity contribution in [1.82, 2.24) is 9.80 Å². The number of halogens is 6. The average molecular weight is 907 g/mol. The first-order chi connectivity index (χ1) is 31.4. The van der Waals surface area contributed by atoms with Crippen molar-refractivity contribution in [2.75, 3.05) is 21.3 Å². The SMILES string of the molecule is O=C1Nc2ccc(cc2)CN(C(=O)C(F)(F)F)Cc2ccc(cc2)NC(=O)c2cccc(c2)C(=O)Nc2ccc(cc2)CN(C(=O)C(F)(F)F)Cc2ccc(cc2)NC(=O)c2cccc1c2. The van der Waals surface area contributed by atoms with Crippen molar-refractivity contribution >= 4 is 58.2 Å². The van der Waals surface area contributed by atoms with Gasteiger partial charge in [-0.15, -0.1) is 0 Å². The number of alkyl halides is 6. The van der Waals surface area contributed by atoms with Crippen LogP contribution in [-0.4, -0.2) is 57.6 Å². The fourth-order valence-electron chi connectivity index (χ4n) is 6.83. The van der Waals surface area contributed by atoms with Gasteiger partial charge in [-0.05, 0) is 107 Å². The van der Waals surface area contributed by atoms with Gasteiger partial charge >= 0.3 is 24.2 Å². The Hall–Kier alpha value is -8.28. The lowest BCUT2D eigenvalue weighted by molar-refractivity contribution is -0.186. The number of carbonyl (C=O) groups excluding carboxylic acids is 6. The van der Waals surface area contributed by atoms with Crippen LogP contribution in [-0.2, 0) is 35.8 Å². The highest BCUT2D eigenvalue weighted by Crippen LogP contribution is 2.26. The van der Waals surface area contributed by atoms with Crippen LogP contribution in [0.5, 0.6) is 0 Å². The molecule has 6 aromatic carbocycles. The summed E-state index contributed by atoms with van der Waals surface area (Å²) in [7, 11) is 0. The normalized spacial score (nSPS) is 14.3. The highest BCUT2D eigenvalue weighted by atomic mass is 19.4. The van der Waals surface area contributed by atoms with E-state index < -0.39 is 74.0 Å². The minimum absolute atomic E-state index is 0.0841. The minimum atomic E-state index is -5.19. The van der Waals surface area contributed by atoms with Crippen molar-refractivity contribution in [3.63, 3.8) is 0 Å². The van der Waals surface area contributed by atoms with E-state index in [0.717, 1.165) is 0 Å². The van der Waals surface area contributed by atoms with E-state index in [-0.39, 0.29) is 45.0 Å². The fraction of sp³-hybridized carbons (Fsp3) is 0.125. The zero-order valence-electron chi connectivity index (χ0n) is 34.3. The predicted octanol–water partition coefficient (Wildman–Crippen LogP) is 9.19. The molecule has 66 heavy (non-hydrogen) atoms. The molecule has 0 aliphatic carbocycles. The maximum atomic E-state index is 13.7. The highest BCUT2D eigenvalue weighted by molar-refractivity contribution is 6.10. The smallest absolute Gasteiger partial charge is 0.326 e. The van der Waals surface area contributed by atoms with Crippen molar-refractivity contribution in [3.8, 4) is 0 Å². The van der Waals surface area contributed by atoms with Gasteiger partial charge in [0.25, 0.3) is 23.6 Å². The Morgan fingerprint density at radius 1 is 0.364 bits per heavy atom. The number of nitrogens with one attached hydrogen (secondary N) is 4. The average Bonchev–Trinajstić information content (AvgIpc) is 3.29. The van der Waals surface area contributed by atoms with Gasteiger partial charge in [-0.1, -0.05) is 60.7 Å². The summed E-state index contributed by atoms with van der Waals surface area (Å²) < 4.78 is 82.5. The lowest BCUT2D eigenvalue weighted by Gasteiger charge is -2.24. The van der Waals surface area contributed by atoms with E-state index in [1.54, 1.807) is 0 Å². The van der Waals surface area contributed by atoms with E-state index in [1.165, 1.54) is 146 Å². The van der Waals surface area contributed by atoms with Gasteiger partial charge in [0.15, 0.2) is 0 Å². The monoisotopic (exact) mass is 906 g/mol. The summed E-state index contributed by atoms with van der Waals surface area (Å²) in [5.41, 5.74) is 2.62. The number of carbonyl (C=O) groups is 6. The van der Waals surface area contributed by atoms with Crippen molar-refractivity contribution in [1.29, 1.82) is 0 Å². The van der Waals surface area contributed by atoms with E-state index in [0.29, 0.717) is 32.1 Å². The zero-order valence-corrected chi connectivity index (χ0v) is 34.3. The molecule has 6 amide bonds. The molecule has 0 fully saturated rings. The second kappa shape index (κ2) is 19.2. The van der Waals surface area contributed by atoms with E-state index >= 15 is 0 Å². The molecule has 7 aliphatic heterocycles. The van der Waals surface area contributed by atoms with E-state index in [4.69, 9.17) is 0 Å². The number of nitrogens with zero attached hydrogens (tertiary/aromatic N) is 2. The van der Waals surface area contributed by atoms with Crippen LogP contribution in [0.15, 0.2) is 146 Å². The van der Waals surface area contributed by atoms with Crippen molar-refractivity contribution in [2.45, 2.75) is 38.5 Å². The second-order valence-electron chi connectivity index (χ2n) is 15.1. The molecule has 336 valence electrons.